The van der Waals surface area contributed by atoms with Crippen LogP contribution in [-0.2, 0) is 6.61 Å². The van der Waals surface area contributed by atoms with Crippen molar-refractivity contribution in [2.75, 3.05) is 14.2 Å². The highest BCUT2D eigenvalue weighted by Crippen LogP contribution is 2.25. The number of hydrogen-bond acceptors (Lipinski definition) is 7. The van der Waals surface area contributed by atoms with Gasteiger partial charge in [0.05, 0.1) is 65.0 Å². The summed E-state index contributed by atoms with van der Waals surface area (Å²) in [5.41, 5.74) is 4.88. The lowest BCUT2D eigenvalue weighted by molar-refractivity contribution is 0.282. The van der Waals surface area contributed by atoms with Crippen LogP contribution in [0.15, 0.2) is 107 Å². The molecule has 0 fully saturated rings. The molecule has 11 nitrogen and oxygen atoms in total. The Morgan fingerprint density at radius 3 is 1.72 bits per heavy atom. The molecule has 3 N–H and O–H groups in total. The fraction of sp³-hybridized carbons (Fsp3) is 0.0857. The Balaban J connectivity index is 0.000000150. The Hall–Kier alpha value is -5.91. The Kier molecular flexibility index (Phi) is 7.68. The van der Waals surface area contributed by atoms with Gasteiger partial charge in [0.2, 0.25) is 0 Å². The molecule has 0 saturated carbocycles. The Morgan fingerprint density at radius 1 is 0.660 bits per heavy atom. The van der Waals surface area contributed by atoms with Gasteiger partial charge >= 0.3 is 0 Å². The Bertz CT molecular complexity index is 2530. The van der Waals surface area contributed by atoms with E-state index in [2.05, 4.69) is 20.2 Å². The number of aromatic amines is 2. The number of pyridine rings is 2. The first-order chi connectivity index (χ1) is 22.9. The molecular formula is C35H27ClN6O5. The van der Waals surface area contributed by atoms with Crippen molar-refractivity contribution in [3.63, 3.8) is 0 Å². The third kappa shape index (κ3) is 5.37. The van der Waals surface area contributed by atoms with E-state index < -0.39 is 0 Å². The molecule has 0 aliphatic carbocycles. The summed E-state index contributed by atoms with van der Waals surface area (Å²) in [7, 11) is 3.20. The van der Waals surface area contributed by atoms with Gasteiger partial charge < -0.3 is 14.6 Å². The smallest absolute Gasteiger partial charge is 0.280 e. The van der Waals surface area contributed by atoms with Gasteiger partial charge in [-0.3, -0.25) is 29.8 Å². The minimum absolute atomic E-state index is 0.0426. The zero-order chi connectivity index (χ0) is 32.7. The van der Waals surface area contributed by atoms with Crippen LogP contribution in [0.1, 0.15) is 5.56 Å². The number of methoxy groups -OCH3 is 2. The van der Waals surface area contributed by atoms with Gasteiger partial charge in [-0.25, -0.2) is 9.36 Å². The predicted molar refractivity (Wildman–Crippen MR) is 182 cm³/mol. The van der Waals surface area contributed by atoms with Crippen LogP contribution in [0.5, 0.6) is 11.5 Å². The highest BCUT2D eigenvalue weighted by molar-refractivity contribution is 6.31. The van der Waals surface area contributed by atoms with Gasteiger partial charge in [-0.1, -0.05) is 23.7 Å². The van der Waals surface area contributed by atoms with Crippen molar-refractivity contribution in [3.8, 4) is 22.9 Å². The lowest BCUT2D eigenvalue weighted by atomic mass is 10.1. The molecule has 0 aliphatic rings. The molecule has 0 saturated heterocycles. The number of aliphatic hydroxyl groups excluding tert-OH is 1. The monoisotopic (exact) mass is 646 g/mol. The fourth-order valence-corrected chi connectivity index (χ4v) is 5.63. The highest BCUT2D eigenvalue weighted by Gasteiger charge is 2.14. The zero-order valence-electron chi connectivity index (χ0n) is 25.2. The number of nitrogens with one attached hydrogen (secondary N) is 2. The quantitative estimate of drug-likeness (QED) is 0.212. The van der Waals surface area contributed by atoms with E-state index in [1.165, 1.54) is 9.36 Å². The Labute approximate surface area is 271 Å². The number of halogens is 1. The predicted octanol–water partition coefficient (Wildman–Crippen LogP) is 5.90. The van der Waals surface area contributed by atoms with Gasteiger partial charge in [-0.05, 0) is 78.4 Å². The van der Waals surface area contributed by atoms with E-state index in [9.17, 15) is 14.7 Å². The fourth-order valence-electron chi connectivity index (χ4n) is 5.46. The number of benzene rings is 4. The van der Waals surface area contributed by atoms with E-state index in [0.717, 1.165) is 61.3 Å². The van der Waals surface area contributed by atoms with Crippen LogP contribution >= 0.6 is 11.6 Å². The lowest BCUT2D eigenvalue weighted by Crippen LogP contribution is -2.14. The minimum atomic E-state index is -0.157. The lowest BCUT2D eigenvalue weighted by Gasteiger charge is -2.03. The summed E-state index contributed by atoms with van der Waals surface area (Å²) in [5.74, 6) is 1.46. The third-order valence-corrected chi connectivity index (χ3v) is 8.16. The average Bonchev–Trinajstić information content (AvgIpc) is 3.64. The van der Waals surface area contributed by atoms with E-state index in [1.54, 1.807) is 63.0 Å². The van der Waals surface area contributed by atoms with Crippen molar-refractivity contribution in [2.24, 2.45) is 0 Å². The summed E-state index contributed by atoms with van der Waals surface area (Å²) < 4.78 is 13.3. The van der Waals surface area contributed by atoms with Crippen LogP contribution in [0.2, 0.25) is 5.02 Å². The molecular weight excluding hydrogens is 620 g/mol. The van der Waals surface area contributed by atoms with Crippen molar-refractivity contribution >= 4 is 55.2 Å². The molecule has 234 valence electrons. The van der Waals surface area contributed by atoms with E-state index in [0.29, 0.717) is 15.8 Å². The summed E-state index contributed by atoms with van der Waals surface area (Å²) in [6.07, 6.45) is 3.15. The second-order valence-corrected chi connectivity index (χ2v) is 11.1. The molecule has 4 aromatic carbocycles. The number of rotatable bonds is 5. The summed E-state index contributed by atoms with van der Waals surface area (Å²) in [6, 6.07) is 25.4. The van der Waals surface area contributed by atoms with Crippen LogP contribution in [0, 0.1) is 0 Å². The molecule has 8 rings (SSSR count). The van der Waals surface area contributed by atoms with E-state index in [-0.39, 0.29) is 17.7 Å². The number of nitrogens with zero attached hydrogens (tertiary/aromatic N) is 4. The van der Waals surface area contributed by atoms with Crippen molar-refractivity contribution in [1.29, 1.82) is 0 Å². The standard InChI is InChI=1S/C18H15N3O3.C17H12ClN3O2/c1-24-13-5-3-12(4-6-13)21-18(23)15-9-19-16-8-11(10-22)2-7-14(16)17(15)20-21;1-23-12-5-3-11(4-6-12)21-17(22)14-9-19-15-7-2-10(18)8-13(15)16(14)20-21/h2-9,20,22H,10H2,1H3;2-9,20H,1H3. The minimum Gasteiger partial charge on any atom is -0.497 e. The Morgan fingerprint density at radius 2 is 1.19 bits per heavy atom. The maximum absolute atomic E-state index is 12.7. The van der Waals surface area contributed by atoms with Crippen LogP contribution in [-0.4, -0.2) is 48.9 Å². The molecule has 0 amide bonds. The van der Waals surface area contributed by atoms with Crippen LogP contribution in [0.25, 0.3) is 55.0 Å². The molecule has 0 aliphatic heterocycles. The van der Waals surface area contributed by atoms with Gasteiger partial charge in [0.15, 0.2) is 0 Å². The maximum Gasteiger partial charge on any atom is 0.280 e. The molecule has 12 heteroatoms. The second kappa shape index (κ2) is 12.1. The van der Waals surface area contributed by atoms with Crippen molar-refractivity contribution in [2.45, 2.75) is 6.61 Å². The molecule has 0 atom stereocenters. The topological polar surface area (TPSA) is 140 Å². The summed E-state index contributed by atoms with van der Waals surface area (Å²) in [5, 5.41) is 18.9. The normalized spacial score (nSPS) is 11.2. The number of hydrogen-bond donors (Lipinski definition) is 3. The van der Waals surface area contributed by atoms with Crippen molar-refractivity contribution < 1.29 is 14.6 Å². The second-order valence-electron chi connectivity index (χ2n) is 10.7. The molecule has 4 heterocycles. The molecule has 0 bridgehead atoms. The first-order valence-corrected chi connectivity index (χ1v) is 14.9. The number of aliphatic hydroxyl groups is 1. The van der Waals surface area contributed by atoms with E-state index >= 15 is 0 Å². The van der Waals surface area contributed by atoms with Gasteiger partial charge in [0.1, 0.15) is 11.5 Å². The maximum atomic E-state index is 12.7. The van der Waals surface area contributed by atoms with Crippen LogP contribution < -0.4 is 20.6 Å². The number of aromatic nitrogens is 6. The van der Waals surface area contributed by atoms with Crippen LogP contribution in [0.4, 0.5) is 0 Å². The van der Waals surface area contributed by atoms with Crippen molar-refractivity contribution in [1.82, 2.24) is 29.5 Å². The van der Waals surface area contributed by atoms with Crippen molar-refractivity contribution in [3.05, 3.63) is 129 Å². The summed E-state index contributed by atoms with van der Waals surface area (Å²) in [6.45, 7) is -0.0426. The third-order valence-electron chi connectivity index (χ3n) is 7.92. The van der Waals surface area contributed by atoms with Crippen LogP contribution in [0.3, 0.4) is 0 Å². The largest absolute Gasteiger partial charge is 0.497 e. The summed E-state index contributed by atoms with van der Waals surface area (Å²) in [4.78, 5) is 34.0. The zero-order valence-corrected chi connectivity index (χ0v) is 25.9. The molecule has 8 aromatic rings. The first-order valence-electron chi connectivity index (χ1n) is 14.5. The molecule has 0 radical (unpaired) electrons. The SMILES string of the molecule is COc1ccc(-n2[nH]c3c(cnc4cc(CO)ccc43)c2=O)cc1.COc1ccc(-n2[nH]c3c(cnc4ccc(Cl)cc43)c2=O)cc1. The van der Waals surface area contributed by atoms with Gasteiger partial charge in [-0.15, -0.1) is 0 Å². The first kappa shape index (κ1) is 29.8. The number of ether oxygens (including phenoxy) is 2. The molecule has 0 unspecified atom stereocenters. The van der Waals surface area contributed by atoms with E-state index in [1.807, 2.05) is 48.5 Å². The van der Waals surface area contributed by atoms with Gasteiger partial charge in [0, 0.05) is 28.2 Å². The van der Waals surface area contributed by atoms with E-state index in [4.69, 9.17) is 21.1 Å². The number of fused-ring (bicyclic) bond motifs is 6. The number of H-pyrrole nitrogens is 2. The molecule has 47 heavy (non-hydrogen) atoms. The molecule has 4 aromatic heterocycles. The molecule has 0 spiro atoms. The van der Waals surface area contributed by atoms with Gasteiger partial charge in [0.25, 0.3) is 11.1 Å². The average molecular weight is 647 g/mol. The highest BCUT2D eigenvalue weighted by atomic mass is 35.5. The summed E-state index contributed by atoms with van der Waals surface area (Å²) >= 11 is 6.08. The van der Waals surface area contributed by atoms with Gasteiger partial charge in [-0.2, -0.15) is 0 Å².